The van der Waals surface area contributed by atoms with E-state index < -0.39 is 41.3 Å². The van der Waals surface area contributed by atoms with Gasteiger partial charge in [-0.25, -0.2) is 18.5 Å². The average Bonchev–Trinajstić information content (AvgIpc) is 2.73. The fourth-order valence-electron chi connectivity index (χ4n) is 3.62. The number of para-hydroxylation sites is 1. The predicted molar refractivity (Wildman–Crippen MR) is 106 cm³/mol. The van der Waals surface area contributed by atoms with Crippen LogP contribution in [0.2, 0.25) is 0 Å². The van der Waals surface area contributed by atoms with E-state index in [9.17, 15) is 23.2 Å². The van der Waals surface area contributed by atoms with Gasteiger partial charge in [0, 0.05) is 5.92 Å². The fourth-order valence-corrected chi connectivity index (χ4v) is 3.62. The molecule has 1 saturated heterocycles. The van der Waals surface area contributed by atoms with Crippen molar-refractivity contribution in [2.45, 2.75) is 5.92 Å². The van der Waals surface area contributed by atoms with Gasteiger partial charge in [0.25, 0.3) is 0 Å². The number of carbonyl (C=O) groups is 3. The lowest BCUT2D eigenvalue weighted by Gasteiger charge is -2.34. The zero-order valence-corrected chi connectivity index (χ0v) is 15.6. The Bertz CT molecular complexity index is 1050. The smallest absolute Gasteiger partial charge is 0.277 e. The van der Waals surface area contributed by atoms with Gasteiger partial charge in [0.2, 0.25) is 11.8 Å². The number of halogens is 2. The molecule has 1 fully saturated rings. The number of rotatable bonds is 4. The summed E-state index contributed by atoms with van der Waals surface area (Å²) in [5, 5.41) is 2.23. The molecule has 0 spiro atoms. The second-order valence-corrected chi connectivity index (χ2v) is 6.86. The first-order chi connectivity index (χ1) is 14.5. The molecule has 1 N–H and O–H groups in total. The monoisotopic (exact) mass is 406 g/mol. The summed E-state index contributed by atoms with van der Waals surface area (Å²) in [6.45, 7) is 0. The minimum absolute atomic E-state index is 0.314. The van der Waals surface area contributed by atoms with E-state index in [0.29, 0.717) is 16.8 Å². The molecule has 4 amide bonds. The van der Waals surface area contributed by atoms with Gasteiger partial charge in [-0.05, 0) is 47.5 Å². The van der Waals surface area contributed by atoms with E-state index in [2.05, 4.69) is 5.32 Å². The lowest BCUT2D eigenvalue weighted by Crippen LogP contribution is -2.59. The molecule has 3 aromatic rings. The van der Waals surface area contributed by atoms with E-state index in [0.717, 1.165) is 4.90 Å². The molecule has 1 aliphatic heterocycles. The zero-order chi connectivity index (χ0) is 21.3. The van der Waals surface area contributed by atoms with Crippen LogP contribution in [0.15, 0.2) is 78.9 Å². The number of carbonyl (C=O) groups excluding carboxylic acids is 3. The van der Waals surface area contributed by atoms with Crippen LogP contribution in [0.25, 0.3) is 0 Å². The van der Waals surface area contributed by atoms with Crippen LogP contribution >= 0.6 is 0 Å². The summed E-state index contributed by atoms with van der Waals surface area (Å²) in [5.41, 5.74) is 1.28. The van der Waals surface area contributed by atoms with E-state index in [-0.39, 0.29) is 0 Å². The SMILES string of the molecule is O=C1NC(=O)N(c2ccccc2)C(=O)C1C(c1ccc(F)cc1)c1ccc(F)cc1. The van der Waals surface area contributed by atoms with Crippen molar-refractivity contribution in [1.82, 2.24) is 5.32 Å². The van der Waals surface area contributed by atoms with Crippen molar-refractivity contribution in [3.63, 3.8) is 0 Å². The number of barbiturate groups is 1. The number of urea groups is 1. The first-order valence-electron chi connectivity index (χ1n) is 9.20. The lowest BCUT2D eigenvalue weighted by atomic mass is 9.78. The highest BCUT2D eigenvalue weighted by Crippen LogP contribution is 2.36. The molecule has 0 aromatic heterocycles. The van der Waals surface area contributed by atoms with Crippen LogP contribution < -0.4 is 10.2 Å². The second kappa shape index (κ2) is 7.87. The largest absolute Gasteiger partial charge is 0.335 e. The van der Waals surface area contributed by atoms with Crippen LogP contribution in [0.4, 0.5) is 19.3 Å². The van der Waals surface area contributed by atoms with Crippen molar-refractivity contribution in [2.24, 2.45) is 5.92 Å². The van der Waals surface area contributed by atoms with Gasteiger partial charge in [0.05, 0.1) is 5.69 Å². The Morgan fingerprint density at radius 3 is 1.73 bits per heavy atom. The van der Waals surface area contributed by atoms with Gasteiger partial charge in [-0.3, -0.25) is 14.9 Å². The molecule has 1 aliphatic rings. The molecule has 0 saturated carbocycles. The van der Waals surface area contributed by atoms with E-state index in [4.69, 9.17) is 0 Å². The highest BCUT2D eigenvalue weighted by atomic mass is 19.1. The number of amides is 4. The number of hydrogen-bond acceptors (Lipinski definition) is 3. The Hall–Kier alpha value is -3.87. The summed E-state index contributed by atoms with van der Waals surface area (Å²) in [6.07, 6.45) is 0. The first-order valence-corrected chi connectivity index (χ1v) is 9.20. The highest BCUT2D eigenvalue weighted by molar-refractivity contribution is 6.28. The van der Waals surface area contributed by atoms with Crippen LogP contribution in [-0.2, 0) is 9.59 Å². The summed E-state index contributed by atoms with van der Waals surface area (Å²) < 4.78 is 27.0. The maximum Gasteiger partial charge on any atom is 0.335 e. The van der Waals surface area contributed by atoms with Crippen molar-refractivity contribution in [1.29, 1.82) is 0 Å². The van der Waals surface area contributed by atoms with Gasteiger partial charge in [0.1, 0.15) is 17.6 Å². The Morgan fingerprint density at radius 2 is 1.23 bits per heavy atom. The van der Waals surface area contributed by atoms with Gasteiger partial charge in [0.15, 0.2) is 0 Å². The highest BCUT2D eigenvalue weighted by Gasteiger charge is 2.46. The number of imide groups is 2. The summed E-state index contributed by atoms with van der Waals surface area (Å²) in [7, 11) is 0. The average molecular weight is 406 g/mol. The van der Waals surface area contributed by atoms with Gasteiger partial charge in [-0.15, -0.1) is 0 Å². The molecular weight excluding hydrogens is 390 g/mol. The third-order valence-electron chi connectivity index (χ3n) is 5.01. The molecule has 0 radical (unpaired) electrons. The molecule has 5 nitrogen and oxygen atoms in total. The molecule has 0 bridgehead atoms. The van der Waals surface area contributed by atoms with Gasteiger partial charge in [-0.2, -0.15) is 0 Å². The Balaban J connectivity index is 1.83. The molecule has 1 heterocycles. The van der Waals surface area contributed by atoms with Crippen LogP contribution in [0, 0.1) is 17.6 Å². The molecule has 4 rings (SSSR count). The minimum Gasteiger partial charge on any atom is -0.277 e. The van der Waals surface area contributed by atoms with E-state index >= 15 is 0 Å². The Labute approximate surface area is 170 Å². The number of benzene rings is 3. The maximum atomic E-state index is 13.5. The third kappa shape index (κ3) is 3.57. The van der Waals surface area contributed by atoms with Crippen molar-refractivity contribution >= 4 is 23.5 Å². The number of anilines is 1. The lowest BCUT2D eigenvalue weighted by molar-refractivity contribution is -0.134. The van der Waals surface area contributed by atoms with E-state index in [1.165, 1.54) is 48.5 Å². The molecule has 3 aromatic carbocycles. The quantitative estimate of drug-likeness (QED) is 0.666. The van der Waals surface area contributed by atoms with Gasteiger partial charge in [-0.1, -0.05) is 42.5 Å². The normalized spacial score (nSPS) is 16.7. The number of nitrogens with one attached hydrogen (secondary N) is 1. The summed E-state index contributed by atoms with van der Waals surface area (Å²) in [6, 6.07) is 18.1. The molecule has 150 valence electrons. The van der Waals surface area contributed by atoms with E-state index in [1.807, 2.05) is 0 Å². The molecular formula is C23H16F2N2O3. The Kier molecular flexibility index (Phi) is 5.10. The maximum absolute atomic E-state index is 13.5. The molecule has 0 aliphatic carbocycles. The third-order valence-corrected chi connectivity index (χ3v) is 5.01. The van der Waals surface area contributed by atoms with Crippen LogP contribution in [0.1, 0.15) is 17.0 Å². The standard InChI is InChI=1S/C23H16F2N2O3/c24-16-10-6-14(7-11-16)19(15-8-12-17(25)13-9-15)20-21(28)26-23(30)27(22(20)29)18-4-2-1-3-5-18/h1-13,19-20H,(H,26,28,30). The van der Waals surface area contributed by atoms with Crippen molar-refractivity contribution in [3.8, 4) is 0 Å². The predicted octanol–water partition coefficient (Wildman–Crippen LogP) is 4.00. The van der Waals surface area contributed by atoms with E-state index in [1.54, 1.807) is 30.3 Å². The van der Waals surface area contributed by atoms with Crippen molar-refractivity contribution in [3.05, 3.63) is 102 Å². The molecule has 7 heteroatoms. The first kappa shape index (κ1) is 19.4. The molecule has 1 unspecified atom stereocenters. The molecule has 1 atom stereocenters. The topological polar surface area (TPSA) is 66.5 Å². The summed E-state index contributed by atoms with van der Waals surface area (Å²) >= 11 is 0. The summed E-state index contributed by atoms with van der Waals surface area (Å²) in [5.74, 6) is -4.59. The Morgan fingerprint density at radius 1 is 0.733 bits per heavy atom. The van der Waals surface area contributed by atoms with Gasteiger partial charge >= 0.3 is 6.03 Å². The van der Waals surface area contributed by atoms with Crippen molar-refractivity contribution < 1.29 is 23.2 Å². The zero-order valence-electron chi connectivity index (χ0n) is 15.6. The van der Waals surface area contributed by atoms with Gasteiger partial charge < -0.3 is 0 Å². The van der Waals surface area contributed by atoms with Crippen LogP contribution in [-0.4, -0.2) is 17.8 Å². The fraction of sp³-hybridized carbons (Fsp3) is 0.0870. The number of nitrogens with zero attached hydrogens (tertiary/aromatic N) is 1. The van der Waals surface area contributed by atoms with Crippen LogP contribution in [0.3, 0.4) is 0 Å². The molecule has 30 heavy (non-hydrogen) atoms. The van der Waals surface area contributed by atoms with Crippen LogP contribution in [0.5, 0.6) is 0 Å². The van der Waals surface area contributed by atoms with Crippen molar-refractivity contribution in [2.75, 3.05) is 4.90 Å². The second-order valence-electron chi connectivity index (χ2n) is 6.86. The minimum atomic E-state index is -1.31. The number of hydrogen-bond donors (Lipinski definition) is 1. The summed E-state index contributed by atoms with van der Waals surface area (Å²) in [4.78, 5) is 39.5.